The van der Waals surface area contributed by atoms with Crippen molar-refractivity contribution in [3.8, 4) is 0 Å². The van der Waals surface area contributed by atoms with Crippen molar-refractivity contribution >= 4 is 23.3 Å². The molecule has 2 aliphatic heterocycles. The van der Waals surface area contributed by atoms with Gasteiger partial charge < -0.3 is 15.4 Å². The normalized spacial score (nSPS) is 21.8. The van der Waals surface area contributed by atoms with Crippen molar-refractivity contribution in [2.45, 2.75) is 18.9 Å². The molecular weight excluding hydrogens is 308 g/mol. The van der Waals surface area contributed by atoms with Gasteiger partial charge in [0, 0.05) is 44.6 Å². The summed E-state index contributed by atoms with van der Waals surface area (Å²) in [5.74, 6) is -1.44. The van der Waals surface area contributed by atoms with Gasteiger partial charge in [-0.05, 0) is 0 Å². The molecule has 8 heteroatoms. The number of carbonyl (C=O) groups is 2. The van der Waals surface area contributed by atoms with Gasteiger partial charge in [0.2, 0.25) is 0 Å². The molecule has 1 amide bonds. The van der Waals surface area contributed by atoms with Gasteiger partial charge in [0.15, 0.2) is 11.6 Å². The molecular formula is C15H17F2N3O3. The number of piperidine rings is 1. The zero-order valence-corrected chi connectivity index (χ0v) is 12.4. The van der Waals surface area contributed by atoms with E-state index in [2.05, 4.69) is 0 Å². The molecule has 2 saturated heterocycles. The Hall–Kier alpha value is -2.22. The number of ketones is 1. The number of carbonyl (C=O) groups excluding carboxylic acids is 2. The summed E-state index contributed by atoms with van der Waals surface area (Å²) in [4.78, 5) is 25.7. The molecule has 0 bridgehead atoms. The summed E-state index contributed by atoms with van der Waals surface area (Å²) in [6, 6.07) is 2.21. The molecule has 0 spiro atoms. The molecule has 1 aromatic carbocycles. The highest BCUT2D eigenvalue weighted by Crippen LogP contribution is 2.31. The minimum Gasteiger partial charge on any atom is -0.443 e. The molecule has 1 atom stereocenters. The van der Waals surface area contributed by atoms with E-state index in [1.807, 2.05) is 0 Å². The first-order valence-electron chi connectivity index (χ1n) is 7.43. The standard InChI is InChI=1S/C15H17F2N3O3/c16-12-5-9(20-8-11(7-18)23-15(20)22)6-13(17)14(12)19-3-1-10(21)2-4-19/h5-6,11H,1-4,7-8,18H2. The topological polar surface area (TPSA) is 75.9 Å². The number of halogens is 2. The van der Waals surface area contributed by atoms with Crippen molar-refractivity contribution in [3.05, 3.63) is 23.8 Å². The third-order valence-corrected chi connectivity index (χ3v) is 4.09. The first-order valence-corrected chi connectivity index (χ1v) is 7.43. The highest BCUT2D eigenvalue weighted by atomic mass is 19.1. The first-order chi connectivity index (χ1) is 11.0. The third-order valence-electron chi connectivity index (χ3n) is 4.09. The number of cyclic esters (lactones) is 1. The Morgan fingerprint density at radius 3 is 2.30 bits per heavy atom. The maximum absolute atomic E-state index is 14.4. The zero-order chi connectivity index (χ0) is 16.6. The largest absolute Gasteiger partial charge is 0.443 e. The number of rotatable bonds is 3. The summed E-state index contributed by atoms with van der Waals surface area (Å²) >= 11 is 0. The number of benzene rings is 1. The van der Waals surface area contributed by atoms with E-state index in [0.29, 0.717) is 0 Å². The van der Waals surface area contributed by atoms with Gasteiger partial charge in [0.25, 0.3) is 0 Å². The predicted molar refractivity (Wildman–Crippen MR) is 79.5 cm³/mol. The van der Waals surface area contributed by atoms with E-state index in [9.17, 15) is 18.4 Å². The van der Waals surface area contributed by atoms with Crippen molar-refractivity contribution in [3.63, 3.8) is 0 Å². The molecule has 1 unspecified atom stereocenters. The number of hydrogen-bond donors (Lipinski definition) is 1. The van der Waals surface area contributed by atoms with Gasteiger partial charge in [-0.15, -0.1) is 0 Å². The smallest absolute Gasteiger partial charge is 0.414 e. The van der Waals surface area contributed by atoms with E-state index < -0.39 is 23.8 Å². The van der Waals surface area contributed by atoms with Crippen molar-refractivity contribution in [1.29, 1.82) is 0 Å². The van der Waals surface area contributed by atoms with Gasteiger partial charge in [-0.1, -0.05) is 0 Å². The highest BCUT2D eigenvalue weighted by Gasteiger charge is 2.33. The molecule has 1 aromatic rings. The first kappa shape index (κ1) is 15.7. The van der Waals surface area contributed by atoms with Gasteiger partial charge in [0.1, 0.15) is 17.6 Å². The lowest BCUT2D eigenvalue weighted by molar-refractivity contribution is -0.119. The molecule has 2 aliphatic rings. The lowest BCUT2D eigenvalue weighted by atomic mass is 10.1. The van der Waals surface area contributed by atoms with E-state index in [4.69, 9.17) is 10.5 Å². The summed E-state index contributed by atoms with van der Waals surface area (Å²) < 4.78 is 33.7. The fourth-order valence-corrected chi connectivity index (χ4v) is 2.84. The van der Waals surface area contributed by atoms with E-state index in [1.54, 1.807) is 0 Å². The Morgan fingerprint density at radius 2 is 1.78 bits per heavy atom. The Morgan fingerprint density at radius 1 is 1.17 bits per heavy atom. The van der Waals surface area contributed by atoms with E-state index >= 15 is 0 Å². The third kappa shape index (κ3) is 2.98. The fraction of sp³-hybridized carbons (Fsp3) is 0.467. The summed E-state index contributed by atoms with van der Waals surface area (Å²) in [5.41, 5.74) is 5.38. The molecule has 0 aromatic heterocycles. The fourth-order valence-electron chi connectivity index (χ4n) is 2.84. The molecule has 23 heavy (non-hydrogen) atoms. The molecule has 2 N–H and O–H groups in total. The Kier molecular flexibility index (Phi) is 4.16. The maximum atomic E-state index is 14.4. The second kappa shape index (κ2) is 6.11. The van der Waals surface area contributed by atoms with Gasteiger partial charge in [-0.3, -0.25) is 9.69 Å². The summed E-state index contributed by atoms with van der Waals surface area (Å²) in [5, 5.41) is 0. The number of ether oxygens (including phenoxy) is 1. The van der Waals surface area contributed by atoms with E-state index in [0.717, 1.165) is 17.0 Å². The number of nitrogens with zero attached hydrogens (tertiary/aromatic N) is 2. The molecule has 0 aliphatic carbocycles. The van der Waals surface area contributed by atoms with E-state index in [-0.39, 0.29) is 56.2 Å². The zero-order valence-electron chi connectivity index (χ0n) is 12.4. The summed E-state index contributed by atoms with van der Waals surface area (Å²) in [6.07, 6.45) is -0.605. The Bertz CT molecular complexity index is 620. The second-order valence-electron chi connectivity index (χ2n) is 5.64. The van der Waals surface area contributed by atoms with Crippen LogP contribution in [0, 0.1) is 11.6 Å². The monoisotopic (exact) mass is 325 g/mol. The maximum Gasteiger partial charge on any atom is 0.414 e. The van der Waals surface area contributed by atoms with Crippen molar-refractivity contribution in [1.82, 2.24) is 0 Å². The summed E-state index contributed by atoms with van der Waals surface area (Å²) in [6.45, 7) is 0.874. The molecule has 2 heterocycles. The van der Waals surface area contributed by atoms with Crippen LogP contribution in [0.25, 0.3) is 0 Å². The van der Waals surface area contributed by atoms with Crippen LogP contribution in [0.15, 0.2) is 12.1 Å². The van der Waals surface area contributed by atoms with Crippen LogP contribution in [-0.2, 0) is 9.53 Å². The quantitative estimate of drug-likeness (QED) is 0.909. The Balaban J connectivity index is 1.86. The van der Waals surface area contributed by atoms with Crippen molar-refractivity contribution < 1.29 is 23.1 Å². The average Bonchev–Trinajstić information content (AvgIpc) is 2.89. The van der Waals surface area contributed by atoms with Crippen LogP contribution >= 0.6 is 0 Å². The van der Waals surface area contributed by atoms with Gasteiger partial charge in [0.05, 0.1) is 12.2 Å². The number of amides is 1. The summed E-state index contributed by atoms with van der Waals surface area (Å²) in [7, 11) is 0. The van der Waals surface area contributed by atoms with Crippen LogP contribution in [-0.4, -0.2) is 44.2 Å². The molecule has 124 valence electrons. The number of Topliss-reactive ketones (excluding diaryl/α,β-unsaturated/α-hetero) is 1. The van der Waals surface area contributed by atoms with Crippen LogP contribution in [0.1, 0.15) is 12.8 Å². The lowest BCUT2D eigenvalue weighted by Crippen LogP contribution is -2.35. The minimum atomic E-state index is -0.765. The molecule has 3 rings (SSSR count). The van der Waals surface area contributed by atoms with Crippen LogP contribution in [0.3, 0.4) is 0 Å². The lowest BCUT2D eigenvalue weighted by Gasteiger charge is -2.29. The van der Waals surface area contributed by atoms with Crippen molar-refractivity contribution in [2.75, 3.05) is 36.0 Å². The highest BCUT2D eigenvalue weighted by molar-refractivity contribution is 5.90. The molecule has 0 radical (unpaired) electrons. The van der Waals surface area contributed by atoms with Crippen LogP contribution in [0.4, 0.5) is 25.0 Å². The predicted octanol–water partition coefficient (Wildman–Crippen LogP) is 1.42. The molecule has 2 fully saturated rings. The van der Waals surface area contributed by atoms with Crippen LogP contribution in [0.5, 0.6) is 0 Å². The van der Waals surface area contributed by atoms with Crippen molar-refractivity contribution in [2.24, 2.45) is 5.73 Å². The SMILES string of the molecule is NCC1CN(c2cc(F)c(N3CCC(=O)CC3)c(F)c2)C(=O)O1. The molecule has 0 saturated carbocycles. The minimum absolute atomic E-state index is 0.0892. The average molecular weight is 325 g/mol. The molecule has 6 nitrogen and oxygen atoms in total. The van der Waals surface area contributed by atoms with E-state index in [1.165, 1.54) is 4.90 Å². The Labute approximate surface area is 131 Å². The number of hydrogen-bond acceptors (Lipinski definition) is 5. The van der Waals surface area contributed by atoms with Crippen LogP contribution < -0.4 is 15.5 Å². The van der Waals surface area contributed by atoms with Gasteiger partial charge in [-0.2, -0.15) is 0 Å². The number of nitrogens with two attached hydrogens (primary N) is 1. The second-order valence-corrected chi connectivity index (χ2v) is 5.64. The van der Waals surface area contributed by atoms with Gasteiger partial charge in [-0.25, -0.2) is 13.6 Å². The van der Waals surface area contributed by atoms with Crippen LogP contribution in [0.2, 0.25) is 0 Å². The number of anilines is 2. The van der Waals surface area contributed by atoms with Gasteiger partial charge >= 0.3 is 6.09 Å².